The molecule has 0 aromatic heterocycles. The first-order valence-electron chi connectivity index (χ1n) is 7.44. The van der Waals surface area contributed by atoms with Gasteiger partial charge in [0.1, 0.15) is 12.4 Å². The van der Waals surface area contributed by atoms with Gasteiger partial charge in [0.25, 0.3) is 5.91 Å². The largest absolute Gasteiger partial charge is 0.496 e. The van der Waals surface area contributed by atoms with Gasteiger partial charge in [0.05, 0.1) is 7.11 Å². The van der Waals surface area contributed by atoms with Crippen LogP contribution in [0.3, 0.4) is 0 Å². The van der Waals surface area contributed by atoms with Gasteiger partial charge in [-0.15, -0.1) is 0 Å². The number of amides is 1. The van der Waals surface area contributed by atoms with Crippen molar-refractivity contribution >= 4 is 5.91 Å². The number of ether oxygens (including phenoxy) is 3. The van der Waals surface area contributed by atoms with Crippen molar-refractivity contribution in [2.45, 2.75) is 12.6 Å². The van der Waals surface area contributed by atoms with Crippen molar-refractivity contribution in [2.24, 2.45) is 0 Å². The summed E-state index contributed by atoms with van der Waals surface area (Å²) in [6.45, 7) is 0.663. The molecule has 1 aliphatic heterocycles. The van der Waals surface area contributed by atoms with Crippen molar-refractivity contribution in [1.29, 1.82) is 0 Å². The van der Waals surface area contributed by atoms with Crippen LogP contribution < -0.4 is 14.2 Å². The van der Waals surface area contributed by atoms with Crippen LogP contribution in [0.5, 0.6) is 17.2 Å². The molecular weight excluding hydrogens is 294 g/mol. The van der Waals surface area contributed by atoms with Crippen molar-refractivity contribution < 1.29 is 19.0 Å². The molecule has 0 aliphatic carbocycles. The predicted molar refractivity (Wildman–Crippen MR) is 85.8 cm³/mol. The van der Waals surface area contributed by atoms with Crippen molar-refractivity contribution in [3.8, 4) is 17.2 Å². The molecule has 0 radical (unpaired) electrons. The molecule has 1 aliphatic rings. The van der Waals surface area contributed by atoms with E-state index >= 15 is 0 Å². The highest BCUT2D eigenvalue weighted by Crippen LogP contribution is 2.31. The molecule has 23 heavy (non-hydrogen) atoms. The molecule has 0 fully saturated rings. The van der Waals surface area contributed by atoms with Crippen LogP contribution in [0, 0.1) is 0 Å². The monoisotopic (exact) mass is 313 g/mol. The van der Waals surface area contributed by atoms with Gasteiger partial charge in [-0.2, -0.15) is 0 Å². The van der Waals surface area contributed by atoms with Gasteiger partial charge in [0.2, 0.25) is 6.10 Å². The maximum atomic E-state index is 12.6. The summed E-state index contributed by atoms with van der Waals surface area (Å²) in [5.41, 5.74) is 0.947. The summed E-state index contributed by atoms with van der Waals surface area (Å²) in [6, 6.07) is 15.0. The van der Waals surface area contributed by atoms with Crippen LogP contribution in [0.15, 0.2) is 48.5 Å². The third kappa shape index (κ3) is 3.23. The van der Waals surface area contributed by atoms with Crippen LogP contribution in [0.4, 0.5) is 0 Å². The zero-order valence-corrected chi connectivity index (χ0v) is 13.2. The minimum absolute atomic E-state index is 0.120. The first-order chi connectivity index (χ1) is 11.2. The highest BCUT2D eigenvalue weighted by molar-refractivity contribution is 5.81. The Morgan fingerprint density at radius 2 is 1.87 bits per heavy atom. The van der Waals surface area contributed by atoms with Crippen LogP contribution in [0.1, 0.15) is 5.56 Å². The van der Waals surface area contributed by atoms with E-state index in [0.717, 1.165) is 11.3 Å². The smallest absolute Gasteiger partial charge is 0.267 e. The van der Waals surface area contributed by atoms with Crippen molar-refractivity contribution in [1.82, 2.24) is 4.90 Å². The number of hydrogen-bond acceptors (Lipinski definition) is 4. The fourth-order valence-corrected chi connectivity index (χ4v) is 2.55. The van der Waals surface area contributed by atoms with E-state index in [1.54, 1.807) is 25.1 Å². The third-order valence-corrected chi connectivity index (χ3v) is 3.76. The molecule has 120 valence electrons. The number of methoxy groups -OCH3 is 1. The van der Waals surface area contributed by atoms with Gasteiger partial charge in [-0.1, -0.05) is 30.3 Å². The molecule has 3 rings (SSSR count). The van der Waals surface area contributed by atoms with E-state index in [4.69, 9.17) is 14.2 Å². The highest BCUT2D eigenvalue weighted by atomic mass is 16.6. The van der Waals surface area contributed by atoms with Crippen LogP contribution in [-0.4, -0.2) is 37.7 Å². The van der Waals surface area contributed by atoms with Gasteiger partial charge in [-0.05, 0) is 18.2 Å². The standard InChI is InChI=1S/C18H19NO4/c1-19(11-13-7-3-4-8-14(13)21-2)18(20)17-12-22-15-9-5-6-10-16(15)23-17/h3-10,17H,11-12H2,1-2H3/t17-/m1/s1. The topological polar surface area (TPSA) is 48.0 Å². The molecule has 5 nitrogen and oxygen atoms in total. The number of rotatable bonds is 4. The van der Waals surface area contributed by atoms with Crippen LogP contribution in [0.25, 0.3) is 0 Å². The van der Waals surface area contributed by atoms with E-state index in [1.165, 1.54) is 0 Å². The minimum atomic E-state index is -0.635. The first kappa shape index (κ1) is 15.2. The molecule has 0 unspecified atom stereocenters. The second-order valence-corrected chi connectivity index (χ2v) is 5.37. The zero-order valence-electron chi connectivity index (χ0n) is 13.2. The van der Waals surface area contributed by atoms with E-state index in [0.29, 0.717) is 18.0 Å². The molecule has 2 aromatic rings. The van der Waals surface area contributed by atoms with Gasteiger partial charge in [0, 0.05) is 19.2 Å². The third-order valence-electron chi connectivity index (χ3n) is 3.76. The Morgan fingerprint density at radius 1 is 1.17 bits per heavy atom. The van der Waals surface area contributed by atoms with E-state index in [-0.39, 0.29) is 12.5 Å². The lowest BCUT2D eigenvalue weighted by atomic mass is 10.1. The Balaban J connectivity index is 1.69. The fourth-order valence-electron chi connectivity index (χ4n) is 2.55. The Kier molecular flexibility index (Phi) is 4.37. The SMILES string of the molecule is COc1ccccc1CN(C)C(=O)[C@H]1COc2ccccc2O1. The molecule has 0 bridgehead atoms. The number of hydrogen-bond donors (Lipinski definition) is 0. The van der Waals surface area contributed by atoms with Crippen molar-refractivity contribution in [2.75, 3.05) is 20.8 Å². The van der Waals surface area contributed by atoms with Crippen LogP contribution >= 0.6 is 0 Å². The molecule has 0 saturated heterocycles. The van der Waals surface area contributed by atoms with Crippen molar-refractivity contribution in [3.63, 3.8) is 0 Å². The van der Waals surface area contributed by atoms with Crippen LogP contribution in [-0.2, 0) is 11.3 Å². The molecular formula is C18H19NO4. The first-order valence-corrected chi connectivity index (χ1v) is 7.44. The normalized spacial score (nSPS) is 15.8. The molecule has 0 spiro atoms. The molecule has 1 atom stereocenters. The molecule has 5 heteroatoms. The summed E-state index contributed by atoms with van der Waals surface area (Å²) in [5, 5.41) is 0. The molecule has 1 heterocycles. The Hall–Kier alpha value is -2.69. The summed E-state index contributed by atoms with van der Waals surface area (Å²) >= 11 is 0. The Morgan fingerprint density at radius 3 is 2.65 bits per heavy atom. The summed E-state index contributed by atoms with van der Waals surface area (Å²) < 4.78 is 16.7. The maximum absolute atomic E-state index is 12.6. The van der Waals surface area contributed by atoms with E-state index in [9.17, 15) is 4.79 Å². The Labute approximate surface area is 135 Å². The van der Waals surface area contributed by atoms with Gasteiger partial charge >= 0.3 is 0 Å². The number of benzene rings is 2. The number of para-hydroxylation sites is 3. The van der Waals surface area contributed by atoms with Gasteiger partial charge < -0.3 is 19.1 Å². The lowest BCUT2D eigenvalue weighted by Gasteiger charge is -2.29. The van der Waals surface area contributed by atoms with Gasteiger partial charge in [0.15, 0.2) is 11.5 Å². The molecule has 0 saturated carbocycles. The highest BCUT2D eigenvalue weighted by Gasteiger charge is 2.29. The zero-order chi connectivity index (χ0) is 16.2. The summed E-state index contributed by atoms with van der Waals surface area (Å²) in [4.78, 5) is 14.2. The lowest BCUT2D eigenvalue weighted by molar-refractivity contribution is -0.140. The fraction of sp³-hybridized carbons (Fsp3) is 0.278. The number of carbonyl (C=O) groups is 1. The predicted octanol–water partition coefficient (Wildman–Crippen LogP) is 2.49. The van der Waals surface area contributed by atoms with Gasteiger partial charge in [-0.3, -0.25) is 4.79 Å². The number of likely N-dealkylation sites (N-methyl/N-ethyl adjacent to an activating group) is 1. The average molecular weight is 313 g/mol. The molecule has 1 amide bonds. The average Bonchev–Trinajstić information content (AvgIpc) is 2.61. The lowest BCUT2D eigenvalue weighted by Crippen LogP contribution is -2.44. The van der Waals surface area contributed by atoms with Crippen LogP contribution in [0.2, 0.25) is 0 Å². The quantitative estimate of drug-likeness (QED) is 0.870. The van der Waals surface area contributed by atoms with Gasteiger partial charge in [-0.25, -0.2) is 0 Å². The number of carbonyl (C=O) groups excluding carboxylic acids is 1. The summed E-state index contributed by atoms with van der Waals surface area (Å²) in [5.74, 6) is 1.91. The number of nitrogens with zero attached hydrogens (tertiary/aromatic N) is 1. The minimum Gasteiger partial charge on any atom is -0.496 e. The number of fused-ring (bicyclic) bond motifs is 1. The second kappa shape index (κ2) is 6.60. The second-order valence-electron chi connectivity index (χ2n) is 5.37. The van der Waals surface area contributed by atoms with E-state index in [2.05, 4.69) is 0 Å². The maximum Gasteiger partial charge on any atom is 0.267 e. The summed E-state index contributed by atoms with van der Waals surface area (Å²) in [6.07, 6.45) is -0.635. The van der Waals surface area contributed by atoms with E-state index < -0.39 is 6.10 Å². The Bertz CT molecular complexity index is 701. The summed E-state index contributed by atoms with van der Waals surface area (Å²) in [7, 11) is 3.37. The van der Waals surface area contributed by atoms with E-state index in [1.807, 2.05) is 42.5 Å². The molecule has 0 N–H and O–H groups in total. The molecule has 2 aromatic carbocycles. The van der Waals surface area contributed by atoms with Crippen molar-refractivity contribution in [3.05, 3.63) is 54.1 Å².